The van der Waals surface area contributed by atoms with Crippen molar-refractivity contribution >= 4 is 34.8 Å². The summed E-state index contributed by atoms with van der Waals surface area (Å²) in [4.78, 5) is 4.46. The molecule has 0 aromatic carbocycles. The van der Waals surface area contributed by atoms with Gasteiger partial charge >= 0.3 is 0 Å². The number of pyridine rings is 1. The van der Waals surface area contributed by atoms with E-state index in [0.29, 0.717) is 21.7 Å². The van der Waals surface area contributed by atoms with Crippen molar-refractivity contribution in [2.24, 2.45) is 0 Å². The molecule has 106 valence electrons. The summed E-state index contributed by atoms with van der Waals surface area (Å²) in [6.07, 6.45) is 1.04. The molecule has 0 radical (unpaired) electrons. The van der Waals surface area contributed by atoms with E-state index < -0.39 is 0 Å². The highest BCUT2D eigenvalue weighted by atomic mass is 35.5. The smallest absolute Gasteiger partial charge is 0.147 e. The Labute approximate surface area is 123 Å². The van der Waals surface area contributed by atoms with Gasteiger partial charge in [0.1, 0.15) is 11.6 Å². The first-order valence-corrected chi connectivity index (χ1v) is 7.21. The Bertz CT molecular complexity index is 469. The molecular weight excluding hydrogens is 285 g/mol. The number of hydrogen-bond acceptors (Lipinski definition) is 4. The molecule has 1 fully saturated rings. The zero-order chi connectivity index (χ0) is 14.0. The van der Waals surface area contributed by atoms with Crippen molar-refractivity contribution in [2.75, 3.05) is 23.8 Å². The van der Waals surface area contributed by atoms with Crippen LogP contribution in [0.15, 0.2) is 6.07 Å². The molecule has 2 N–H and O–H groups in total. The van der Waals surface area contributed by atoms with Gasteiger partial charge in [-0.05, 0) is 33.3 Å². The largest absolute Gasteiger partial charge is 0.376 e. The summed E-state index contributed by atoms with van der Waals surface area (Å²) in [7, 11) is 0. The molecular formula is C13H19Cl2N3O. The lowest BCUT2D eigenvalue weighted by molar-refractivity contribution is 0.105. The van der Waals surface area contributed by atoms with Crippen molar-refractivity contribution in [3.05, 3.63) is 16.1 Å². The van der Waals surface area contributed by atoms with E-state index in [0.717, 1.165) is 19.6 Å². The highest BCUT2D eigenvalue weighted by molar-refractivity contribution is 6.37. The van der Waals surface area contributed by atoms with Crippen LogP contribution in [0.4, 0.5) is 11.6 Å². The topological polar surface area (TPSA) is 46.2 Å². The lowest BCUT2D eigenvalue weighted by Crippen LogP contribution is -2.41. The molecule has 2 atom stereocenters. The van der Waals surface area contributed by atoms with Crippen LogP contribution < -0.4 is 10.6 Å². The molecule has 2 heterocycles. The molecule has 1 aliphatic heterocycles. The molecule has 0 saturated carbocycles. The maximum Gasteiger partial charge on any atom is 0.147 e. The van der Waals surface area contributed by atoms with Crippen LogP contribution in [0.25, 0.3) is 0 Å². The Morgan fingerprint density at radius 2 is 2.11 bits per heavy atom. The summed E-state index contributed by atoms with van der Waals surface area (Å²) in [6.45, 7) is 7.66. The zero-order valence-corrected chi connectivity index (χ0v) is 12.9. The molecule has 0 aliphatic carbocycles. The van der Waals surface area contributed by atoms with Crippen molar-refractivity contribution in [1.82, 2.24) is 4.98 Å². The van der Waals surface area contributed by atoms with Gasteiger partial charge in [0, 0.05) is 13.2 Å². The average molecular weight is 304 g/mol. The molecule has 0 spiro atoms. The standard InChI is InChI=1S/C13H19Cl2N3O/c1-4-16-11-9(14)7-10(15)12(17-11)18-13(3)5-6-19-8(13)2/h7-8H,4-6H2,1-3H3,(H2,16,17,18). The number of hydrogen-bond donors (Lipinski definition) is 2. The lowest BCUT2D eigenvalue weighted by atomic mass is 9.95. The predicted molar refractivity (Wildman–Crippen MR) is 80.5 cm³/mol. The third-order valence-corrected chi connectivity index (χ3v) is 4.14. The molecule has 2 unspecified atom stereocenters. The van der Waals surface area contributed by atoms with Gasteiger partial charge in [-0.2, -0.15) is 0 Å². The van der Waals surface area contributed by atoms with Crippen LogP contribution in [0.1, 0.15) is 27.2 Å². The molecule has 1 aliphatic rings. The number of anilines is 2. The van der Waals surface area contributed by atoms with Crippen LogP contribution in [-0.4, -0.2) is 29.8 Å². The molecule has 6 heteroatoms. The van der Waals surface area contributed by atoms with E-state index in [9.17, 15) is 0 Å². The number of aromatic nitrogens is 1. The summed E-state index contributed by atoms with van der Waals surface area (Å²) >= 11 is 12.3. The second kappa shape index (κ2) is 5.73. The monoisotopic (exact) mass is 303 g/mol. The summed E-state index contributed by atoms with van der Waals surface area (Å²) in [6, 6.07) is 1.71. The Hall–Kier alpha value is -0.710. The molecule has 1 saturated heterocycles. The lowest BCUT2D eigenvalue weighted by Gasteiger charge is -2.30. The maximum atomic E-state index is 6.21. The molecule has 2 rings (SSSR count). The first-order valence-electron chi connectivity index (χ1n) is 6.46. The second-order valence-corrected chi connectivity index (χ2v) is 5.80. The molecule has 1 aromatic heterocycles. The SMILES string of the molecule is CCNc1nc(NC2(C)CCOC2C)c(Cl)cc1Cl. The fraction of sp³-hybridized carbons (Fsp3) is 0.615. The number of nitrogens with one attached hydrogen (secondary N) is 2. The first-order chi connectivity index (χ1) is 8.96. The fourth-order valence-corrected chi connectivity index (χ4v) is 2.59. The summed E-state index contributed by atoms with van der Waals surface area (Å²) in [5.74, 6) is 1.29. The number of nitrogens with zero attached hydrogens (tertiary/aromatic N) is 1. The zero-order valence-electron chi connectivity index (χ0n) is 11.4. The van der Waals surface area contributed by atoms with E-state index in [-0.39, 0.29) is 11.6 Å². The molecule has 0 bridgehead atoms. The Morgan fingerprint density at radius 1 is 1.42 bits per heavy atom. The van der Waals surface area contributed by atoms with Crippen molar-refractivity contribution in [2.45, 2.75) is 38.8 Å². The molecule has 19 heavy (non-hydrogen) atoms. The average Bonchev–Trinajstić information content (AvgIpc) is 2.66. The number of rotatable bonds is 4. The van der Waals surface area contributed by atoms with E-state index in [4.69, 9.17) is 27.9 Å². The minimum atomic E-state index is -0.159. The minimum absolute atomic E-state index is 0.114. The Morgan fingerprint density at radius 3 is 2.68 bits per heavy atom. The maximum absolute atomic E-state index is 6.21. The summed E-state index contributed by atoms with van der Waals surface area (Å²) in [5.41, 5.74) is -0.159. The van der Waals surface area contributed by atoms with Crippen molar-refractivity contribution in [1.29, 1.82) is 0 Å². The van der Waals surface area contributed by atoms with Gasteiger partial charge in [-0.3, -0.25) is 0 Å². The van der Waals surface area contributed by atoms with Crippen LogP contribution in [-0.2, 0) is 4.74 Å². The molecule has 4 nitrogen and oxygen atoms in total. The Balaban J connectivity index is 2.27. The minimum Gasteiger partial charge on any atom is -0.376 e. The van der Waals surface area contributed by atoms with Gasteiger partial charge in [-0.15, -0.1) is 0 Å². The predicted octanol–water partition coefficient (Wildman–Crippen LogP) is 3.80. The van der Waals surface area contributed by atoms with Crippen molar-refractivity contribution in [3.8, 4) is 0 Å². The highest BCUT2D eigenvalue weighted by Crippen LogP contribution is 2.34. The van der Waals surface area contributed by atoms with Crippen LogP contribution in [0.2, 0.25) is 10.0 Å². The van der Waals surface area contributed by atoms with Gasteiger partial charge in [0.2, 0.25) is 0 Å². The van der Waals surface area contributed by atoms with Gasteiger partial charge in [0.15, 0.2) is 0 Å². The van der Waals surface area contributed by atoms with Crippen LogP contribution >= 0.6 is 23.2 Å². The van der Waals surface area contributed by atoms with Gasteiger partial charge < -0.3 is 15.4 Å². The van der Waals surface area contributed by atoms with E-state index in [2.05, 4.69) is 29.5 Å². The quantitative estimate of drug-likeness (QED) is 0.888. The van der Waals surface area contributed by atoms with E-state index in [1.165, 1.54) is 0 Å². The van der Waals surface area contributed by atoms with Crippen LogP contribution in [0.5, 0.6) is 0 Å². The second-order valence-electron chi connectivity index (χ2n) is 4.99. The number of halogens is 2. The van der Waals surface area contributed by atoms with Gasteiger partial charge in [-0.25, -0.2) is 4.98 Å². The van der Waals surface area contributed by atoms with E-state index in [1.54, 1.807) is 6.07 Å². The van der Waals surface area contributed by atoms with Crippen molar-refractivity contribution < 1.29 is 4.74 Å². The third kappa shape index (κ3) is 3.07. The molecule has 0 amide bonds. The number of ether oxygens (including phenoxy) is 1. The third-order valence-electron chi connectivity index (χ3n) is 3.56. The van der Waals surface area contributed by atoms with Gasteiger partial charge in [-0.1, -0.05) is 23.2 Å². The summed E-state index contributed by atoms with van der Waals surface area (Å²) < 4.78 is 5.61. The van der Waals surface area contributed by atoms with Crippen LogP contribution in [0, 0.1) is 0 Å². The first kappa shape index (κ1) is 14.7. The van der Waals surface area contributed by atoms with E-state index >= 15 is 0 Å². The highest BCUT2D eigenvalue weighted by Gasteiger charge is 2.37. The Kier molecular flexibility index (Phi) is 4.43. The van der Waals surface area contributed by atoms with Crippen molar-refractivity contribution in [3.63, 3.8) is 0 Å². The van der Waals surface area contributed by atoms with Gasteiger partial charge in [0.25, 0.3) is 0 Å². The van der Waals surface area contributed by atoms with Crippen LogP contribution in [0.3, 0.4) is 0 Å². The fourth-order valence-electron chi connectivity index (χ4n) is 2.12. The van der Waals surface area contributed by atoms with E-state index in [1.807, 2.05) is 6.92 Å². The molecule has 1 aromatic rings. The normalized spacial score (nSPS) is 26.5. The summed E-state index contributed by atoms with van der Waals surface area (Å²) in [5, 5.41) is 7.56. The van der Waals surface area contributed by atoms with Gasteiger partial charge in [0.05, 0.1) is 21.7 Å².